The second-order valence-corrected chi connectivity index (χ2v) is 8.32. The molecule has 4 aromatic rings. The summed E-state index contributed by atoms with van der Waals surface area (Å²) < 4.78 is 6.14. The first-order valence-electron chi connectivity index (χ1n) is 9.53. The Labute approximate surface area is 173 Å². The van der Waals surface area contributed by atoms with Crippen LogP contribution in [0.15, 0.2) is 42.9 Å². The molecule has 1 aliphatic rings. The summed E-state index contributed by atoms with van der Waals surface area (Å²) in [6.45, 7) is 6.47. The van der Waals surface area contributed by atoms with Crippen molar-refractivity contribution in [3.05, 3.63) is 59.5 Å². The largest absolute Gasteiger partial charge is 0.491 e. The van der Waals surface area contributed by atoms with Gasteiger partial charge in [-0.25, -0.2) is 9.97 Å². The molecule has 4 heterocycles. The van der Waals surface area contributed by atoms with E-state index in [1.807, 2.05) is 18.6 Å². The van der Waals surface area contributed by atoms with Crippen LogP contribution >= 0.6 is 11.3 Å². The van der Waals surface area contributed by atoms with Crippen LogP contribution in [-0.2, 0) is 6.54 Å². The standard InChI is InChI=1S/C22H21N5OS/c1-13-7-15(16-9-18-21(25-11-16)29-22(23)26-18)8-17-12-27(5-6-28-20(13)17)19-3-4-24-10-14(19)2/h3-4,7-11H,5-6,12H2,1-2H3,(H2,23,26). The van der Waals surface area contributed by atoms with E-state index in [1.165, 1.54) is 28.2 Å². The number of hydrogen-bond acceptors (Lipinski definition) is 7. The Balaban J connectivity index is 1.57. The van der Waals surface area contributed by atoms with Gasteiger partial charge in [-0.05, 0) is 54.8 Å². The number of ether oxygens (including phenoxy) is 1. The van der Waals surface area contributed by atoms with Gasteiger partial charge in [0.1, 0.15) is 22.7 Å². The number of nitrogens with zero attached hydrogens (tertiary/aromatic N) is 4. The highest BCUT2D eigenvalue weighted by Crippen LogP contribution is 2.35. The maximum atomic E-state index is 6.14. The topological polar surface area (TPSA) is 77.2 Å². The molecule has 0 aliphatic carbocycles. The Morgan fingerprint density at radius 3 is 2.86 bits per heavy atom. The van der Waals surface area contributed by atoms with Gasteiger partial charge in [-0.1, -0.05) is 11.3 Å². The summed E-state index contributed by atoms with van der Waals surface area (Å²) in [7, 11) is 0. The van der Waals surface area contributed by atoms with Crippen LogP contribution in [0.4, 0.5) is 10.8 Å². The highest BCUT2D eigenvalue weighted by molar-refractivity contribution is 7.21. The zero-order valence-corrected chi connectivity index (χ0v) is 17.2. The van der Waals surface area contributed by atoms with E-state index in [1.54, 1.807) is 0 Å². The number of aromatic nitrogens is 3. The van der Waals surface area contributed by atoms with Gasteiger partial charge in [0.15, 0.2) is 5.13 Å². The van der Waals surface area contributed by atoms with Gasteiger partial charge >= 0.3 is 0 Å². The number of nitrogen functional groups attached to an aromatic ring is 1. The van der Waals surface area contributed by atoms with Gasteiger partial charge in [0.2, 0.25) is 0 Å². The molecule has 2 N–H and O–H groups in total. The fraction of sp³-hybridized carbons (Fsp3) is 0.227. The van der Waals surface area contributed by atoms with Crippen molar-refractivity contribution in [2.24, 2.45) is 0 Å². The highest BCUT2D eigenvalue weighted by atomic mass is 32.1. The Hall–Kier alpha value is -3.19. The summed E-state index contributed by atoms with van der Waals surface area (Å²) in [4.78, 5) is 16.4. The predicted octanol–water partition coefficient (Wildman–Crippen LogP) is 4.35. The van der Waals surface area contributed by atoms with Crippen molar-refractivity contribution in [2.75, 3.05) is 23.8 Å². The van der Waals surface area contributed by atoms with Gasteiger partial charge in [0, 0.05) is 41.9 Å². The summed E-state index contributed by atoms with van der Waals surface area (Å²) in [5.74, 6) is 0.981. The quantitative estimate of drug-likeness (QED) is 0.536. The molecule has 0 unspecified atom stereocenters. The Bertz CT molecular complexity index is 1220. The average Bonchev–Trinajstić information content (AvgIpc) is 2.94. The Morgan fingerprint density at radius 1 is 1.10 bits per heavy atom. The monoisotopic (exact) mass is 403 g/mol. The Morgan fingerprint density at radius 2 is 2.00 bits per heavy atom. The molecule has 146 valence electrons. The molecule has 0 saturated heterocycles. The number of thiazole rings is 1. The first kappa shape index (κ1) is 17.9. The lowest BCUT2D eigenvalue weighted by Gasteiger charge is -2.24. The van der Waals surface area contributed by atoms with E-state index in [-0.39, 0.29) is 0 Å². The molecule has 6 nitrogen and oxygen atoms in total. The molecule has 0 amide bonds. The number of anilines is 2. The molecule has 1 aromatic carbocycles. The van der Waals surface area contributed by atoms with Gasteiger partial charge in [-0.2, -0.15) is 0 Å². The van der Waals surface area contributed by atoms with E-state index in [4.69, 9.17) is 10.5 Å². The van der Waals surface area contributed by atoms with E-state index >= 15 is 0 Å². The molecule has 0 radical (unpaired) electrons. The van der Waals surface area contributed by atoms with Gasteiger partial charge in [-0.15, -0.1) is 0 Å². The lowest BCUT2D eigenvalue weighted by atomic mass is 9.99. The molecule has 0 atom stereocenters. The summed E-state index contributed by atoms with van der Waals surface area (Å²) >= 11 is 1.41. The van der Waals surface area contributed by atoms with Crippen molar-refractivity contribution in [1.29, 1.82) is 0 Å². The van der Waals surface area contributed by atoms with Crippen molar-refractivity contribution >= 4 is 32.5 Å². The lowest BCUT2D eigenvalue weighted by Crippen LogP contribution is -2.25. The number of benzene rings is 1. The predicted molar refractivity (Wildman–Crippen MR) is 118 cm³/mol. The van der Waals surface area contributed by atoms with Crippen LogP contribution in [0.5, 0.6) is 5.75 Å². The molecular formula is C22H21N5OS. The zero-order chi connectivity index (χ0) is 20.0. The summed E-state index contributed by atoms with van der Waals surface area (Å²) in [5.41, 5.74) is 13.5. The number of nitrogens with two attached hydrogens (primary N) is 1. The normalized spacial score (nSPS) is 13.8. The third-order valence-electron chi connectivity index (χ3n) is 5.25. The van der Waals surface area contributed by atoms with E-state index in [9.17, 15) is 0 Å². The molecule has 0 fully saturated rings. The molecule has 0 saturated carbocycles. The SMILES string of the molecule is Cc1cnccc1N1CCOc2c(C)cc(-c3cnc4sc(N)nc4c3)cc2C1. The van der Waals surface area contributed by atoms with Gasteiger partial charge in [-0.3, -0.25) is 4.98 Å². The summed E-state index contributed by atoms with van der Waals surface area (Å²) in [5, 5.41) is 0.541. The zero-order valence-electron chi connectivity index (χ0n) is 16.3. The first-order valence-corrected chi connectivity index (χ1v) is 10.3. The molecule has 29 heavy (non-hydrogen) atoms. The fourth-order valence-electron chi connectivity index (χ4n) is 3.90. The number of rotatable bonds is 2. The van der Waals surface area contributed by atoms with Crippen molar-refractivity contribution in [3.63, 3.8) is 0 Å². The third-order valence-corrected chi connectivity index (χ3v) is 6.06. The number of aryl methyl sites for hydroxylation is 2. The van der Waals surface area contributed by atoms with Crippen LogP contribution in [-0.4, -0.2) is 28.1 Å². The van der Waals surface area contributed by atoms with Crippen LogP contribution in [0.3, 0.4) is 0 Å². The van der Waals surface area contributed by atoms with Crippen LogP contribution in [0.1, 0.15) is 16.7 Å². The molecule has 5 rings (SSSR count). The van der Waals surface area contributed by atoms with Crippen LogP contribution in [0, 0.1) is 13.8 Å². The summed E-state index contributed by atoms with van der Waals surface area (Å²) in [6.07, 6.45) is 5.64. The smallest absolute Gasteiger partial charge is 0.182 e. The van der Waals surface area contributed by atoms with Gasteiger partial charge in [0.05, 0.1) is 6.54 Å². The van der Waals surface area contributed by atoms with Gasteiger partial charge < -0.3 is 15.4 Å². The maximum Gasteiger partial charge on any atom is 0.182 e. The molecule has 7 heteroatoms. The minimum Gasteiger partial charge on any atom is -0.491 e. The fourth-order valence-corrected chi connectivity index (χ4v) is 4.56. The number of pyridine rings is 2. The third kappa shape index (κ3) is 3.27. The lowest BCUT2D eigenvalue weighted by molar-refractivity contribution is 0.329. The second kappa shape index (κ2) is 7.00. The molecular weight excluding hydrogens is 382 g/mol. The minimum atomic E-state index is 0.541. The molecule has 0 spiro atoms. The second-order valence-electron chi connectivity index (χ2n) is 7.31. The van der Waals surface area contributed by atoms with Crippen LogP contribution in [0.2, 0.25) is 0 Å². The van der Waals surface area contributed by atoms with Gasteiger partial charge in [0.25, 0.3) is 0 Å². The summed E-state index contributed by atoms with van der Waals surface area (Å²) in [6, 6.07) is 8.49. The van der Waals surface area contributed by atoms with Crippen molar-refractivity contribution in [2.45, 2.75) is 20.4 Å². The van der Waals surface area contributed by atoms with Crippen molar-refractivity contribution in [3.8, 4) is 16.9 Å². The van der Waals surface area contributed by atoms with Crippen molar-refractivity contribution in [1.82, 2.24) is 15.0 Å². The van der Waals surface area contributed by atoms with E-state index in [0.717, 1.165) is 45.9 Å². The van der Waals surface area contributed by atoms with Crippen LogP contribution < -0.4 is 15.4 Å². The van der Waals surface area contributed by atoms with Crippen LogP contribution in [0.25, 0.3) is 21.5 Å². The van der Waals surface area contributed by atoms with E-state index in [0.29, 0.717) is 11.7 Å². The Kier molecular flexibility index (Phi) is 4.32. The number of fused-ring (bicyclic) bond motifs is 2. The first-order chi connectivity index (χ1) is 14.1. The van der Waals surface area contributed by atoms with E-state index < -0.39 is 0 Å². The minimum absolute atomic E-state index is 0.541. The van der Waals surface area contributed by atoms with Crippen molar-refractivity contribution < 1.29 is 4.74 Å². The average molecular weight is 404 g/mol. The number of hydrogen-bond donors (Lipinski definition) is 1. The molecule has 3 aromatic heterocycles. The molecule has 0 bridgehead atoms. The van der Waals surface area contributed by atoms with E-state index in [2.05, 4.69) is 58.0 Å². The maximum absolute atomic E-state index is 6.14. The molecule has 1 aliphatic heterocycles. The highest BCUT2D eigenvalue weighted by Gasteiger charge is 2.20.